The quantitative estimate of drug-likeness (QED) is 0.210. The molecule has 6 aromatic carbocycles. The molecule has 0 nitrogen and oxygen atoms in total. The molecule has 0 heteroatoms. The largest absolute Gasteiger partial charge is 0.0665 e. The van der Waals surface area contributed by atoms with E-state index in [1.165, 1.54) is 76.2 Å². The Morgan fingerprint density at radius 3 is 1.69 bits per heavy atom. The topological polar surface area (TPSA) is 0 Å². The Labute approximate surface area is 228 Å². The first-order valence-electron chi connectivity index (χ1n) is 13.8. The Kier molecular flexibility index (Phi) is 4.67. The fourth-order valence-electron chi connectivity index (χ4n) is 6.88. The van der Waals surface area contributed by atoms with Crippen LogP contribution in [-0.2, 0) is 0 Å². The second-order valence-corrected chi connectivity index (χ2v) is 11.5. The van der Waals surface area contributed by atoms with Crippen molar-refractivity contribution in [3.63, 3.8) is 0 Å². The summed E-state index contributed by atoms with van der Waals surface area (Å²) in [6.07, 6.45) is 7.26. The van der Waals surface area contributed by atoms with Crippen molar-refractivity contribution in [3.05, 3.63) is 149 Å². The monoisotopic (exact) mass is 496 g/mol. The van der Waals surface area contributed by atoms with E-state index in [1.807, 2.05) is 0 Å². The van der Waals surface area contributed by atoms with Crippen LogP contribution in [0.15, 0.2) is 133 Å². The summed E-state index contributed by atoms with van der Waals surface area (Å²) >= 11 is 0. The van der Waals surface area contributed by atoms with Gasteiger partial charge in [0, 0.05) is 5.41 Å². The highest BCUT2D eigenvalue weighted by Crippen LogP contribution is 2.44. The number of hydrogen-bond acceptors (Lipinski definition) is 0. The molecule has 8 rings (SSSR count). The number of allylic oxidation sites excluding steroid dienone is 4. The van der Waals surface area contributed by atoms with Crippen LogP contribution in [0.3, 0.4) is 0 Å². The van der Waals surface area contributed by atoms with Crippen molar-refractivity contribution in [2.75, 3.05) is 0 Å². The molecule has 0 amide bonds. The van der Waals surface area contributed by atoms with E-state index in [2.05, 4.69) is 147 Å². The summed E-state index contributed by atoms with van der Waals surface area (Å²) in [6, 6.07) is 42.2. The van der Waals surface area contributed by atoms with E-state index in [0.717, 1.165) is 0 Å². The normalized spacial score (nSPS) is 15.6. The molecule has 0 heterocycles. The minimum atomic E-state index is -0.0930. The SMILES string of the molecule is CC1(C)C=C(c2cccc(-c3ccccc3)c2)C=C2C=c3cc4c5ccccc5c5ccccc5c4cc3=C21. The summed E-state index contributed by atoms with van der Waals surface area (Å²) in [5.74, 6) is 0. The summed E-state index contributed by atoms with van der Waals surface area (Å²) in [6.45, 7) is 4.73. The lowest BCUT2D eigenvalue weighted by Crippen LogP contribution is -2.28. The van der Waals surface area contributed by atoms with Gasteiger partial charge in [0.25, 0.3) is 0 Å². The molecule has 2 aliphatic rings. The van der Waals surface area contributed by atoms with Crippen LogP contribution in [-0.4, -0.2) is 0 Å². The zero-order valence-corrected chi connectivity index (χ0v) is 22.2. The van der Waals surface area contributed by atoms with Gasteiger partial charge < -0.3 is 0 Å². The second kappa shape index (κ2) is 8.16. The van der Waals surface area contributed by atoms with Crippen LogP contribution in [0.25, 0.3) is 60.7 Å². The lowest BCUT2D eigenvalue weighted by atomic mass is 9.74. The Morgan fingerprint density at radius 2 is 1.00 bits per heavy atom. The van der Waals surface area contributed by atoms with Crippen molar-refractivity contribution in [3.8, 4) is 11.1 Å². The van der Waals surface area contributed by atoms with Crippen LogP contribution in [0.1, 0.15) is 19.4 Å². The highest BCUT2D eigenvalue weighted by Gasteiger charge is 2.31. The third kappa shape index (κ3) is 3.38. The fourth-order valence-corrected chi connectivity index (χ4v) is 6.88. The van der Waals surface area contributed by atoms with Crippen LogP contribution in [0.2, 0.25) is 0 Å². The molecule has 0 bridgehead atoms. The van der Waals surface area contributed by atoms with E-state index in [4.69, 9.17) is 0 Å². The minimum Gasteiger partial charge on any atom is -0.0665 e. The van der Waals surface area contributed by atoms with Crippen LogP contribution >= 0.6 is 0 Å². The molecule has 0 saturated carbocycles. The number of benzene rings is 6. The summed E-state index contributed by atoms with van der Waals surface area (Å²) in [5, 5.41) is 10.7. The molecule has 184 valence electrons. The van der Waals surface area contributed by atoms with Crippen molar-refractivity contribution in [1.82, 2.24) is 0 Å². The molecule has 0 spiro atoms. The zero-order chi connectivity index (χ0) is 26.1. The molecule has 0 atom stereocenters. The number of rotatable bonds is 2. The summed E-state index contributed by atoms with van der Waals surface area (Å²) < 4.78 is 0. The highest BCUT2D eigenvalue weighted by molar-refractivity contribution is 6.25. The Bertz CT molecular complexity index is 2170. The van der Waals surface area contributed by atoms with E-state index in [0.29, 0.717) is 0 Å². The molecule has 2 aliphatic carbocycles. The van der Waals surface area contributed by atoms with Crippen LogP contribution in [0, 0.1) is 5.41 Å². The van der Waals surface area contributed by atoms with E-state index >= 15 is 0 Å². The van der Waals surface area contributed by atoms with Crippen molar-refractivity contribution >= 4 is 49.5 Å². The first-order valence-corrected chi connectivity index (χ1v) is 13.8. The lowest BCUT2D eigenvalue weighted by molar-refractivity contribution is 0.647. The second-order valence-electron chi connectivity index (χ2n) is 11.5. The average Bonchev–Trinajstić information content (AvgIpc) is 3.35. The molecular formula is C39H28. The standard InChI is InChI=1S/C39H28/c1-39(2)24-30(27-14-10-13-26(19-27)25-11-4-3-5-12-25)21-29-20-28-22-36-33-17-8-6-15-31(33)32-16-7-9-18-34(32)37(36)23-35(28)38(29)39/h3-24H,1-2H3. The van der Waals surface area contributed by atoms with Crippen molar-refractivity contribution in [1.29, 1.82) is 0 Å². The van der Waals surface area contributed by atoms with Gasteiger partial charge in [-0.05, 0) is 107 Å². The Hall–Kier alpha value is -4.68. The van der Waals surface area contributed by atoms with E-state index < -0.39 is 0 Å². The summed E-state index contributed by atoms with van der Waals surface area (Å²) in [5.41, 5.74) is 7.73. The van der Waals surface area contributed by atoms with Gasteiger partial charge in [-0.2, -0.15) is 0 Å². The van der Waals surface area contributed by atoms with Crippen LogP contribution in [0.5, 0.6) is 0 Å². The minimum absolute atomic E-state index is 0.0930. The smallest absolute Gasteiger partial charge is 0.00965 e. The van der Waals surface area contributed by atoms with E-state index in [1.54, 1.807) is 0 Å². The van der Waals surface area contributed by atoms with Gasteiger partial charge in [-0.25, -0.2) is 0 Å². The van der Waals surface area contributed by atoms with Gasteiger partial charge in [0.15, 0.2) is 0 Å². The van der Waals surface area contributed by atoms with Gasteiger partial charge in [0.1, 0.15) is 0 Å². The lowest BCUT2D eigenvalue weighted by Gasteiger charge is -2.30. The van der Waals surface area contributed by atoms with Crippen molar-refractivity contribution in [2.45, 2.75) is 13.8 Å². The molecule has 0 radical (unpaired) electrons. The molecule has 0 saturated heterocycles. The molecule has 0 unspecified atom stereocenters. The van der Waals surface area contributed by atoms with Crippen molar-refractivity contribution in [2.24, 2.45) is 5.41 Å². The summed E-state index contributed by atoms with van der Waals surface area (Å²) in [4.78, 5) is 0. The molecule has 0 fully saturated rings. The van der Waals surface area contributed by atoms with Gasteiger partial charge in [0.05, 0.1) is 0 Å². The van der Waals surface area contributed by atoms with E-state index in [-0.39, 0.29) is 5.41 Å². The molecule has 0 aromatic heterocycles. The van der Waals surface area contributed by atoms with Gasteiger partial charge in [-0.3, -0.25) is 0 Å². The zero-order valence-electron chi connectivity index (χ0n) is 22.2. The molecule has 39 heavy (non-hydrogen) atoms. The van der Waals surface area contributed by atoms with Crippen molar-refractivity contribution < 1.29 is 0 Å². The molecule has 6 aromatic rings. The van der Waals surface area contributed by atoms with Gasteiger partial charge in [-0.1, -0.05) is 117 Å². The maximum Gasteiger partial charge on any atom is 0.00965 e. The first-order chi connectivity index (χ1) is 19.1. The molecule has 0 aliphatic heterocycles. The van der Waals surface area contributed by atoms with Gasteiger partial charge in [-0.15, -0.1) is 0 Å². The maximum atomic E-state index is 2.46. The third-order valence-corrected chi connectivity index (χ3v) is 8.56. The predicted molar refractivity (Wildman–Crippen MR) is 168 cm³/mol. The predicted octanol–water partition coefficient (Wildman–Crippen LogP) is 8.81. The van der Waals surface area contributed by atoms with E-state index in [9.17, 15) is 0 Å². The fraction of sp³-hybridized carbons (Fsp3) is 0.0769. The maximum absolute atomic E-state index is 2.46. The van der Waals surface area contributed by atoms with Gasteiger partial charge in [0.2, 0.25) is 0 Å². The Balaban J connectivity index is 1.36. The average molecular weight is 497 g/mol. The van der Waals surface area contributed by atoms with Crippen LogP contribution in [0.4, 0.5) is 0 Å². The first kappa shape index (κ1) is 22.3. The number of hydrogen-bond donors (Lipinski definition) is 0. The highest BCUT2D eigenvalue weighted by atomic mass is 14.3. The van der Waals surface area contributed by atoms with Gasteiger partial charge >= 0.3 is 0 Å². The molecular weight excluding hydrogens is 468 g/mol. The number of fused-ring (bicyclic) bond motifs is 8. The van der Waals surface area contributed by atoms with Crippen LogP contribution < -0.4 is 10.4 Å². The third-order valence-electron chi connectivity index (χ3n) is 8.56. The summed E-state index contributed by atoms with van der Waals surface area (Å²) in [7, 11) is 0. The Morgan fingerprint density at radius 1 is 0.436 bits per heavy atom. The molecule has 0 N–H and O–H groups in total.